The Hall–Kier alpha value is -6.55. The molecule has 0 spiro atoms. The molecule has 0 aliphatic carbocycles. The molecule has 0 atom stereocenters. The van der Waals surface area contributed by atoms with Gasteiger partial charge in [0.25, 0.3) is 5.91 Å². The number of likely N-dealkylation sites (N-methyl/N-ethyl adjacent to an activating group) is 2. The van der Waals surface area contributed by atoms with Crippen LogP contribution in [0.25, 0.3) is 0 Å². The molecule has 0 saturated carbocycles. The summed E-state index contributed by atoms with van der Waals surface area (Å²) in [6.45, 7) is 13.9. The average Bonchev–Trinajstić information content (AvgIpc) is 3.22. The summed E-state index contributed by atoms with van der Waals surface area (Å²) in [4.78, 5) is 17.7. The fraction of sp³-hybridized carbons (Fsp3) is 0.239. The molecule has 0 fully saturated rings. The fourth-order valence-corrected chi connectivity index (χ4v) is 6.19. The maximum Gasteiger partial charge on any atom is 0.255 e. The molecular weight excluding hydrogens is 695 g/mol. The minimum absolute atomic E-state index is 0. The molecule has 2 heterocycles. The minimum atomic E-state index is -0.213. The molecule has 6 aromatic rings. The fourth-order valence-electron chi connectivity index (χ4n) is 6.19. The van der Waals surface area contributed by atoms with E-state index in [1.807, 2.05) is 67.6 Å². The monoisotopic (exact) mass is 747 g/mol. The summed E-state index contributed by atoms with van der Waals surface area (Å²) in [7, 11) is 0. The maximum atomic E-state index is 13.0. The van der Waals surface area contributed by atoms with Crippen LogP contribution in [0.15, 0.2) is 167 Å². The molecule has 56 heavy (non-hydrogen) atoms. The molecule has 0 radical (unpaired) electrons. The number of aromatic nitrogens is 2. The van der Waals surface area contributed by atoms with Crippen LogP contribution in [-0.4, -0.2) is 32.1 Å². The third kappa shape index (κ3) is 11.2. The van der Waals surface area contributed by atoms with Crippen molar-refractivity contribution in [2.45, 2.75) is 48.2 Å². The van der Waals surface area contributed by atoms with Gasteiger partial charge in [-0.3, -0.25) is 4.79 Å². The van der Waals surface area contributed by atoms with Crippen LogP contribution in [0.2, 0.25) is 0 Å². The number of rotatable bonds is 16. The van der Waals surface area contributed by atoms with Gasteiger partial charge in [-0.05, 0) is 124 Å². The zero-order chi connectivity index (χ0) is 38.4. The lowest BCUT2D eigenvalue weighted by Gasteiger charge is -2.22. The standard InChI is InChI=1S/C45H48N9O.CH4/c1-5-53(31-29-51-25-9-7-10-26-51)41-21-23-43(35(3)33-41)49-47-39-15-13-37(14-16-39)45(55)46-38-17-19-40(20-18-38)48-50-44-24-22-42(34-36(44)4)54(6-2)32-30-52-27-11-8-12-28-52;/h7-28,33-34H,5-6,29-32H2,1-4H3;1H4/q+1;/p+1. The zero-order valence-electron chi connectivity index (χ0n) is 32.1. The predicted molar refractivity (Wildman–Crippen MR) is 227 cm³/mol. The Bertz CT molecular complexity index is 2210. The highest BCUT2D eigenvalue weighted by molar-refractivity contribution is 6.04. The summed E-state index contributed by atoms with van der Waals surface area (Å²) in [6, 6.07) is 39.2. The molecular formula is C46H53N9O+2. The van der Waals surface area contributed by atoms with Crippen molar-refractivity contribution in [3.05, 3.63) is 163 Å². The second-order valence-electron chi connectivity index (χ2n) is 13.3. The lowest BCUT2D eigenvalue weighted by molar-refractivity contribution is -0.694. The molecule has 0 aliphatic heterocycles. The summed E-state index contributed by atoms with van der Waals surface area (Å²) >= 11 is 0. The van der Waals surface area contributed by atoms with Gasteiger partial charge in [0.1, 0.15) is 0 Å². The van der Waals surface area contributed by atoms with Crippen molar-refractivity contribution in [1.82, 2.24) is 0 Å². The summed E-state index contributed by atoms with van der Waals surface area (Å²) in [5, 5.41) is 20.8. The number of amides is 1. The van der Waals surface area contributed by atoms with E-state index in [2.05, 4.69) is 127 Å². The SMILES string of the molecule is C.CCN(CC[n+]1ccccc1)c1ccc(N=Nc2ccc(NC(=O)c3ccc(N=Nc4ccc(N(CC)CC[n+]5ccccc5)cc4C)cc3)cc2)c(C)c1. The average molecular weight is 748 g/mol. The quantitative estimate of drug-likeness (QED) is 0.0789. The Kier molecular flexibility index (Phi) is 14.7. The molecule has 286 valence electrons. The number of aryl methyl sites for hydroxylation is 2. The number of carbonyl (C=O) groups is 1. The number of hydrogen-bond acceptors (Lipinski definition) is 7. The van der Waals surface area contributed by atoms with Gasteiger partial charge in [-0.1, -0.05) is 19.6 Å². The first kappa shape index (κ1) is 40.6. The molecule has 0 bridgehead atoms. The van der Waals surface area contributed by atoms with Crippen LogP contribution < -0.4 is 24.3 Å². The van der Waals surface area contributed by atoms with Gasteiger partial charge in [0.2, 0.25) is 0 Å². The summed E-state index contributed by atoms with van der Waals surface area (Å²) in [5.74, 6) is -0.213. The smallest absolute Gasteiger partial charge is 0.255 e. The van der Waals surface area contributed by atoms with E-state index in [1.54, 1.807) is 24.3 Å². The highest BCUT2D eigenvalue weighted by atomic mass is 16.1. The molecule has 0 unspecified atom stereocenters. The van der Waals surface area contributed by atoms with Crippen molar-refractivity contribution in [2.24, 2.45) is 20.5 Å². The first-order valence-corrected chi connectivity index (χ1v) is 18.8. The molecule has 10 nitrogen and oxygen atoms in total. The highest BCUT2D eigenvalue weighted by Crippen LogP contribution is 2.29. The minimum Gasteiger partial charge on any atom is -0.365 e. The third-order valence-electron chi connectivity index (χ3n) is 9.47. The summed E-state index contributed by atoms with van der Waals surface area (Å²) in [5.41, 5.74) is 8.61. The molecule has 0 aliphatic rings. The van der Waals surface area contributed by atoms with Gasteiger partial charge in [0.15, 0.2) is 37.9 Å². The number of nitrogens with one attached hydrogen (secondary N) is 1. The van der Waals surface area contributed by atoms with E-state index in [1.165, 1.54) is 5.69 Å². The van der Waals surface area contributed by atoms with E-state index < -0.39 is 0 Å². The van der Waals surface area contributed by atoms with Crippen LogP contribution in [0.1, 0.15) is 42.8 Å². The van der Waals surface area contributed by atoms with Gasteiger partial charge >= 0.3 is 0 Å². The number of carbonyl (C=O) groups excluding carboxylic acids is 1. The second kappa shape index (κ2) is 20.2. The number of benzene rings is 4. The third-order valence-corrected chi connectivity index (χ3v) is 9.47. The molecule has 4 aromatic carbocycles. The van der Waals surface area contributed by atoms with Crippen molar-refractivity contribution in [3.8, 4) is 0 Å². The largest absolute Gasteiger partial charge is 0.365 e. The van der Waals surface area contributed by atoms with E-state index in [0.29, 0.717) is 22.6 Å². The van der Waals surface area contributed by atoms with Crippen LogP contribution in [0.5, 0.6) is 0 Å². The van der Waals surface area contributed by atoms with E-state index in [4.69, 9.17) is 0 Å². The number of azo groups is 2. The van der Waals surface area contributed by atoms with Gasteiger partial charge in [-0.25, -0.2) is 9.13 Å². The lowest BCUT2D eigenvalue weighted by Crippen LogP contribution is -2.40. The van der Waals surface area contributed by atoms with Gasteiger partial charge < -0.3 is 15.1 Å². The Balaban J connectivity index is 0.00000600. The molecule has 10 heteroatoms. The van der Waals surface area contributed by atoms with E-state index in [9.17, 15) is 4.79 Å². The van der Waals surface area contributed by atoms with Gasteiger partial charge in [0, 0.05) is 60.0 Å². The normalized spacial score (nSPS) is 11.1. The van der Waals surface area contributed by atoms with Crippen LogP contribution in [0.4, 0.5) is 39.8 Å². The van der Waals surface area contributed by atoms with Crippen molar-refractivity contribution >= 4 is 45.7 Å². The van der Waals surface area contributed by atoms with Crippen LogP contribution in [0.3, 0.4) is 0 Å². The van der Waals surface area contributed by atoms with Gasteiger partial charge in [-0.15, -0.1) is 0 Å². The predicted octanol–water partition coefficient (Wildman–Crippen LogP) is 10.7. The van der Waals surface area contributed by atoms with E-state index in [0.717, 1.165) is 67.5 Å². The van der Waals surface area contributed by atoms with Crippen molar-refractivity contribution < 1.29 is 13.9 Å². The van der Waals surface area contributed by atoms with Crippen LogP contribution >= 0.6 is 0 Å². The zero-order valence-corrected chi connectivity index (χ0v) is 32.1. The molecule has 1 N–H and O–H groups in total. The number of anilines is 3. The van der Waals surface area contributed by atoms with Gasteiger partial charge in [-0.2, -0.15) is 20.5 Å². The number of pyridine rings is 2. The summed E-state index contributed by atoms with van der Waals surface area (Å²) in [6.07, 6.45) is 8.36. The first-order valence-electron chi connectivity index (χ1n) is 18.8. The van der Waals surface area contributed by atoms with Crippen molar-refractivity contribution in [3.63, 3.8) is 0 Å². The Labute approximate surface area is 331 Å². The number of nitrogens with zero attached hydrogens (tertiary/aromatic N) is 8. The van der Waals surface area contributed by atoms with E-state index >= 15 is 0 Å². The topological polar surface area (TPSA) is 92.8 Å². The molecule has 6 rings (SSSR count). The van der Waals surface area contributed by atoms with Gasteiger partial charge in [0.05, 0.1) is 35.8 Å². The first-order chi connectivity index (χ1) is 26.9. The van der Waals surface area contributed by atoms with Crippen molar-refractivity contribution in [2.75, 3.05) is 41.3 Å². The molecule has 0 saturated heterocycles. The molecule has 1 amide bonds. The van der Waals surface area contributed by atoms with Crippen LogP contribution in [-0.2, 0) is 13.1 Å². The number of hydrogen-bond donors (Lipinski definition) is 1. The Morgan fingerprint density at radius 1 is 0.571 bits per heavy atom. The summed E-state index contributed by atoms with van der Waals surface area (Å²) < 4.78 is 4.38. The molecule has 2 aromatic heterocycles. The van der Waals surface area contributed by atoms with Crippen LogP contribution in [0, 0.1) is 13.8 Å². The van der Waals surface area contributed by atoms with Crippen molar-refractivity contribution in [1.29, 1.82) is 0 Å². The Morgan fingerprint density at radius 2 is 1.00 bits per heavy atom. The lowest BCUT2D eigenvalue weighted by atomic mass is 10.1. The highest BCUT2D eigenvalue weighted by Gasteiger charge is 2.12. The maximum absolute atomic E-state index is 13.0. The second-order valence-corrected chi connectivity index (χ2v) is 13.3. The van der Waals surface area contributed by atoms with E-state index in [-0.39, 0.29) is 13.3 Å². The Morgan fingerprint density at radius 3 is 1.41 bits per heavy atom.